The number of anilines is 1. The highest BCUT2D eigenvalue weighted by molar-refractivity contribution is 5.61. The van der Waals surface area contributed by atoms with E-state index in [0.717, 1.165) is 24.5 Å². The van der Waals surface area contributed by atoms with Gasteiger partial charge >= 0.3 is 18.2 Å². The Bertz CT molecular complexity index is 1280. The monoisotopic (exact) mass is 468 g/mol. The third kappa shape index (κ3) is 4.94. The second-order valence-corrected chi connectivity index (χ2v) is 7.10. The molecular weight excluding hydrogens is 452 g/mol. The van der Waals surface area contributed by atoms with Gasteiger partial charge in [-0.1, -0.05) is 0 Å². The average Bonchev–Trinajstić information content (AvgIpc) is 3.01. The maximum Gasteiger partial charge on any atom is 0.387 e. The van der Waals surface area contributed by atoms with Crippen LogP contribution in [0.5, 0.6) is 11.6 Å². The van der Waals surface area contributed by atoms with E-state index in [4.69, 9.17) is 4.74 Å². The zero-order valence-corrected chi connectivity index (χ0v) is 16.9. The van der Waals surface area contributed by atoms with Gasteiger partial charge in [-0.05, 0) is 13.0 Å². The third-order valence-electron chi connectivity index (χ3n) is 4.70. The molecular formula is C19H16F4N6O4. The number of nitrogens with zero attached hydrogens (tertiary/aromatic N) is 4. The van der Waals surface area contributed by atoms with Crippen molar-refractivity contribution in [2.75, 3.05) is 18.0 Å². The molecule has 1 aliphatic rings. The van der Waals surface area contributed by atoms with Gasteiger partial charge in [0.25, 0.3) is 5.56 Å². The first-order chi connectivity index (χ1) is 15.6. The maximum absolute atomic E-state index is 14.7. The Kier molecular flexibility index (Phi) is 5.74. The van der Waals surface area contributed by atoms with E-state index >= 15 is 0 Å². The normalized spacial score (nSPS) is 17.4. The SMILES string of the molecule is Cc1nc(-c2c[nH]c(=O)[nH]c2=O)cc(N2C[C@H](Oc3cc(OC(F)F)ccn3)C(F)(F)C2)n1. The van der Waals surface area contributed by atoms with Crippen LogP contribution in [0, 0.1) is 6.92 Å². The molecule has 0 saturated carbocycles. The highest BCUT2D eigenvalue weighted by Gasteiger charge is 2.50. The van der Waals surface area contributed by atoms with Crippen molar-refractivity contribution in [1.29, 1.82) is 0 Å². The summed E-state index contributed by atoms with van der Waals surface area (Å²) in [7, 11) is 0. The standard InChI is InChI=1S/C19H16F4N6O4/c1-9-26-12(11-6-25-18(31)28-16(11)30)5-14(27-9)29-7-13(19(22,23)8-29)33-15-4-10(2-3-24-15)32-17(20)21/h2-6,13,17H,7-8H2,1H3,(H2,25,28,30,31)/t13-/m0/s1. The summed E-state index contributed by atoms with van der Waals surface area (Å²) in [6.07, 6.45) is 0.596. The van der Waals surface area contributed by atoms with Gasteiger partial charge in [0.05, 0.1) is 24.3 Å². The number of halogens is 4. The first-order valence-electron chi connectivity index (χ1n) is 9.49. The van der Waals surface area contributed by atoms with Crippen molar-refractivity contribution in [3.05, 3.63) is 57.3 Å². The zero-order valence-electron chi connectivity index (χ0n) is 16.9. The molecule has 14 heteroatoms. The fourth-order valence-electron chi connectivity index (χ4n) is 3.28. The van der Waals surface area contributed by atoms with Crippen LogP contribution in [0.25, 0.3) is 11.3 Å². The van der Waals surface area contributed by atoms with Crippen molar-refractivity contribution in [3.8, 4) is 22.9 Å². The fraction of sp³-hybridized carbons (Fsp3) is 0.316. The van der Waals surface area contributed by atoms with Gasteiger partial charge in [-0.15, -0.1) is 0 Å². The van der Waals surface area contributed by atoms with E-state index in [-0.39, 0.29) is 41.1 Å². The number of alkyl halides is 4. The number of hydrogen-bond donors (Lipinski definition) is 2. The Labute approximate surface area is 182 Å². The van der Waals surface area contributed by atoms with Gasteiger partial charge in [0, 0.05) is 24.5 Å². The molecule has 4 rings (SSSR count). The van der Waals surface area contributed by atoms with Crippen molar-refractivity contribution in [3.63, 3.8) is 0 Å². The van der Waals surface area contributed by atoms with Gasteiger partial charge in [0.15, 0.2) is 6.10 Å². The van der Waals surface area contributed by atoms with Crippen LogP contribution in [0.3, 0.4) is 0 Å². The molecule has 0 bridgehead atoms. The third-order valence-corrected chi connectivity index (χ3v) is 4.70. The lowest BCUT2D eigenvalue weighted by molar-refractivity contribution is -0.0623. The minimum atomic E-state index is -3.34. The second-order valence-electron chi connectivity index (χ2n) is 7.10. The van der Waals surface area contributed by atoms with E-state index in [2.05, 4.69) is 29.7 Å². The van der Waals surface area contributed by atoms with Crippen LogP contribution in [0.1, 0.15) is 5.82 Å². The van der Waals surface area contributed by atoms with Crippen LogP contribution < -0.4 is 25.6 Å². The van der Waals surface area contributed by atoms with Crippen molar-refractivity contribution in [2.45, 2.75) is 25.6 Å². The van der Waals surface area contributed by atoms with Crippen molar-refractivity contribution >= 4 is 5.82 Å². The Hall–Kier alpha value is -3.97. The summed E-state index contributed by atoms with van der Waals surface area (Å²) >= 11 is 0. The number of pyridine rings is 1. The predicted molar refractivity (Wildman–Crippen MR) is 106 cm³/mol. The molecule has 1 atom stereocenters. The van der Waals surface area contributed by atoms with E-state index in [1.807, 2.05) is 0 Å². The van der Waals surface area contributed by atoms with Crippen LogP contribution in [0.2, 0.25) is 0 Å². The van der Waals surface area contributed by atoms with E-state index in [9.17, 15) is 27.2 Å². The molecule has 1 aliphatic heterocycles. The predicted octanol–water partition coefficient (Wildman–Crippen LogP) is 1.73. The lowest BCUT2D eigenvalue weighted by Crippen LogP contribution is -2.36. The summed E-state index contributed by atoms with van der Waals surface area (Å²) < 4.78 is 63.7. The smallest absolute Gasteiger partial charge is 0.387 e. The second kappa shape index (κ2) is 8.52. The number of hydrogen-bond acceptors (Lipinski definition) is 8. The van der Waals surface area contributed by atoms with Gasteiger partial charge in [-0.3, -0.25) is 9.78 Å². The van der Waals surface area contributed by atoms with E-state index in [0.29, 0.717) is 0 Å². The Morgan fingerprint density at radius 3 is 2.76 bits per heavy atom. The van der Waals surface area contributed by atoms with Crippen LogP contribution >= 0.6 is 0 Å². The number of H-pyrrole nitrogens is 2. The summed E-state index contributed by atoms with van der Waals surface area (Å²) in [4.78, 5) is 41.0. The van der Waals surface area contributed by atoms with Crippen LogP contribution in [-0.2, 0) is 0 Å². The number of aryl methyl sites for hydroxylation is 1. The van der Waals surface area contributed by atoms with Crippen molar-refractivity contribution in [2.24, 2.45) is 0 Å². The molecule has 1 fully saturated rings. The lowest BCUT2D eigenvalue weighted by atomic mass is 10.2. The van der Waals surface area contributed by atoms with Crippen LogP contribution in [0.15, 0.2) is 40.2 Å². The summed E-state index contributed by atoms with van der Waals surface area (Å²) in [6.45, 7) is -2.64. The fourth-order valence-corrected chi connectivity index (χ4v) is 3.28. The lowest BCUT2D eigenvalue weighted by Gasteiger charge is -2.18. The molecule has 0 unspecified atom stereocenters. The number of ether oxygens (including phenoxy) is 2. The molecule has 1 saturated heterocycles. The molecule has 10 nitrogen and oxygen atoms in total. The average molecular weight is 468 g/mol. The molecule has 2 N–H and O–H groups in total. The summed E-state index contributed by atoms with van der Waals surface area (Å²) in [5.41, 5.74) is -1.25. The van der Waals surface area contributed by atoms with E-state index in [1.54, 1.807) is 0 Å². The minimum absolute atomic E-state index is 0.0279. The maximum atomic E-state index is 14.7. The van der Waals surface area contributed by atoms with Gasteiger partial charge in [-0.2, -0.15) is 8.78 Å². The van der Waals surface area contributed by atoms with Crippen LogP contribution in [-0.4, -0.2) is 56.6 Å². The Balaban J connectivity index is 1.58. The molecule has 0 aromatic carbocycles. The highest BCUT2D eigenvalue weighted by atomic mass is 19.3. The minimum Gasteiger partial charge on any atom is -0.466 e. The molecule has 0 spiro atoms. The van der Waals surface area contributed by atoms with Gasteiger partial charge < -0.3 is 19.4 Å². The van der Waals surface area contributed by atoms with Crippen molar-refractivity contribution < 1.29 is 27.0 Å². The molecule has 3 aromatic rings. The van der Waals surface area contributed by atoms with E-state index < -0.39 is 36.4 Å². The van der Waals surface area contributed by atoms with Gasteiger partial charge in [-0.25, -0.2) is 28.5 Å². The molecule has 0 amide bonds. The number of aromatic amines is 2. The zero-order chi connectivity index (χ0) is 23.8. The summed E-state index contributed by atoms with van der Waals surface area (Å²) in [5, 5.41) is 0. The Morgan fingerprint density at radius 1 is 1.24 bits per heavy atom. The van der Waals surface area contributed by atoms with Crippen LogP contribution in [0.4, 0.5) is 23.4 Å². The first kappa shape index (κ1) is 22.2. The van der Waals surface area contributed by atoms with Gasteiger partial charge in [0.1, 0.15) is 17.4 Å². The summed E-state index contributed by atoms with van der Waals surface area (Å²) in [5.74, 6) is -3.61. The number of nitrogens with one attached hydrogen (secondary N) is 2. The van der Waals surface area contributed by atoms with E-state index in [1.165, 1.54) is 17.9 Å². The Morgan fingerprint density at radius 2 is 2.03 bits per heavy atom. The van der Waals surface area contributed by atoms with Crippen molar-refractivity contribution in [1.82, 2.24) is 24.9 Å². The molecule has 0 aliphatic carbocycles. The van der Waals surface area contributed by atoms with Gasteiger partial charge in [0.2, 0.25) is 5.88 Å². The summed E-state index contributed by atoms with van der Waals surface area (Å²) in [6, 6.07) is 3.46. The largest absolute Gasteiger partial charge is 0.466 e. The molecule has 4 heterocycles. The first-order valence-corrected chi connectivity index (χ1v) is 9.49. The number of aromatic nitrogens is 5. The molecule has 33 heavy (non-hydrogen) atoms. The molecule has 174 valence electrons. The quantitative estimate of drug-likeness (QED) is 0.524. The molecule has 0 radical (unpaired) electrons. The number of rotatable bonds is 6. The molecule has 3 aromatic heterocycles. The topological polar surface area (TPSA) is 126 Å². The highest BCUT2D eigenvalue weighted by Crippen LogP contribution is 2.34.